The summed E-state index contributed by atoms with van der Waals surface area (Å²) in [6.07, 6.45) is 1.42. The molecule has 1 aliphatic rings. The van der Waals surface area contributed by atoms with Gasteiger partial charge in [0.2, 0.25) is 5.92 Å². The van der Waals surface area contributed by atoms with Crippen LogP contribution in [0.3, 0.4) is 0 Å². The van der Waals surface area contributed by atoms with Crippen molar-refractivity contribution < 1.29 is 13.9 Å². The van der Waals surface area contributed by atoms with Gasteiger partial charge in [0.15, 0.2) is 0 Å². The second-order valence-electron chi connectivity index (χ2n) is 6.92. The first kappa shape index (κ1) is 14.9. The zero-order valence-electron chi connectivity index (χ0n) is 11.6. The fraction of sp³-hybridized carbons (Fsp3) is 1.00. The fourth-order valence-electron chi connectivity index (χ4n) is 2.88. The summed E-state index contributed by atoms with van der Waals surface area (Å²) in [6, 6.07) is 0. The van der Waals surface area contributed by atoms with Crippen LogP contribution in [0, 0.1) is 23.2 Å². The molecule has 0 aromatic heterocycles. The monoisotopic (exact) mass is 248 g/mol. The van der Waals surface area contributed by atoms with Crippen LogP contribution in [-0.2, 0) is 0 Å². The first-order chi connectivity index (χ1) is 7.51. The summed E-state index contributed by atoms with van der Waals surface area (Å²) < 4.78 is 27.0. The third-order valence-electron chi connectivity index (χ3n) is 4.37. The van der Waals surface area contributed by atoms with Crippen molar-refractivity contribution in [3.63, 3.8) is 0 Å². The van der Waals surface area contributed by atoms with E-state index in [1.165, 1.54) is 0 Å². The van der Waals surface area contributed by atoms with Crippen LogP contribution < -0.4 is 0 Å². The molecule has 0 heterocycles. The molecule has 0 aliphatic heterocycles. The van der Waals surface area contributed by atoms with Crippen LogP contribution in [0.25, 0.3) is 0 Å². The molecule has 2 unspecified atom stereocenters. The van der Waals surface area contributed by atoms with Crippen molar-refractivity contribution in [2.75, 3.05) is 0 Å². The lowest BCUT2D eigenvalue weighted by Gasteiger charge is -2.43. The van der Waals surface area contributed by atoms with Crippen molar-refractivity contribution in [3.8, 4) is 0 Å². The Labute approximate surface area is 104 Å². The molecular formula is C14H26F2O. The number of hydrogen-bond acceptors (Lipinski definition) is 1. The average molecular weight is 248 g/mol. The van der Waals surface area contributed by atoms with Crippen molar-refractivity contribution in [2.45, 2.75) is 65.9 Å². The van der Waals surface area contributed by atoms with E-state index >= 15 is 0 Å². The summed E-state index contributed by atoms with van der Waals surface area (Å²) in [5.41, 5.74) is 0.0388. The van der Waals surface area contributed by atoms with Gasteiger partial charge >= 0.3 is 0 Å². The third-order valence-corrected chi connectivity index (χ3v) is 4.37. The summed E-state index contributed by atoms with van der Waals surface area (Å²) in [6.45, 7) is 9.05. The molecule has 0 radical (unpaired) electrons. The Balaban J connectivity index is 2.84. The standard InChI is InChI=1S/C14H26F2O/c1-9(17)10-6-11(13(2,3)4)8-12(7-10)14(5,15)16/h9-12,17H,6-8H2,1-5H3/t9-,10?,11-,12?/m1/s1. The molecule has 3 heteroatoms. The highest BCUT2D eigenvalue weighted by Crippen LogP contribution is 2.47. The molecule has 102 valence electrons. The number of halogens is 2. The van der Waals surface area contributed by atoms with Gasteiger partial charge in [0.1, 0.15) is 0 Å². The third kappa shape index (κ3) is 3.90. The highest BCUT2D eigenvalue weighted by atomic mass is 19.3. The smallest absolute Gasteiger partial charge is 0.248 e. The molecule has 0 amide bonds. The summed E-state index contributed by atoms with van der Waals surface area (Å²) in [4.78, 5) is 0. The minimum Gasteiger partial charge on any atom is -0.393 e. The van der Waals surface area contributed by atoms with E-state index in [0.717, 1.165) is 13.3 Å². The Morgan fingerprint density at radius 1 is 1.00 bits per heavy atom. The first-order valence-electron chi connectivity index (χ1n) is 6.57. The van der Waals surface area contributed by atoms with Gasteiger partial charge in [-0.05, 0) is 50.4 Å². The predicted octanol–water partition coefficient (Wildman–Crippen LogP) is 4.10. The maximum absolute atomic E-state index is 13.5. The zero-order chi connectivity index (χ0) is 13.4. The highest BCUT2D eigenvalue weighted by Gasteiger charge is 2.44. The van der Waals surface area contributed by atoms with Gasteiger partial charge in [0.25, 0.3) is 0 Å². The second kappa shape index (κ2) is 4.83. The first-order valence-corrected chi connectivity index (χ1v) is 6.57. The Bertz CT molecular complexity index is 228. The molecule has 1 aliphatic carbocycles. The largest absolute Gasteiger partial charge is 0.393 e. The van der Waals surface area contributed by atoms with Gasteiger partial charge in [-0.2, -0.15) is 0 Å². The Morgan fingerprint density at radius 3 is 1.82 bits per heavy atom. The average Bonchev–Trinajstić information content (AvgIpc) is 2.14. The van der Waals surface area contributed by atoms with Gasteiger partial charge in [0.05, 0.1) is 6.10 Å². The van der Waals surface area contributed by atoms with Crippen LogP contribution in [0.15, 0.2) is 0 Å². The molecule has 0 bridgehead atoms. The number of aliphatic hydroxyl groups excluding tert-OH is 1. The van der Waals surface area contributed by atoms with E-state index in [0.29, 0.717) is 12.8 Å². The summed E-state index contributed by atoms with van der Waals surface area (Å²) in [5, 5.41) is 9.70. The predicted molar refractivity (Wildman–Crippen MR) is 66.1 cm³/mol. The maximum Gasteiger partial charge on any atom is 0.248 e. The number of alkyl halides is 2. The molecule has 0 spiro atoms. The summed E-state index contributed by atoms with van der Waals surface area (Å²) in [5.74, 6) is -2.92. The van der Waals surface area contributed by atoms with Crippen LogP contribution in [-0.4, -0.2) is 17.1 Å². The van der Waals surface area contributed by atoms with E-state index in [4.69, 9.17) is 0 Å². The lowest BCUT2D eigenvalue weighted by Crippen LogP contribution is -2.40. The van der Waals surface area contributed by atoms with Crippen molar-refractivity contribution >= 4 is 0 Å². The van der Waals surface area contributed by atoms with Crippen LogP contribution in [0.1, 0.15) is 53.9 Å². The van der Waals surface area contributed by atoms with Crippen molar-refractivity contribution in [3.05, 3.63) is 0 Å². The van der Waals surface area contributed by atoms with Gasteiger partial charge < -0.3 is 5.11 Å². The number of aliphatic hydroxyl groups is 1. The fourth-order valence-corrected chi connectivity index (χ4v) is 2.88. The number of rotatable bonds is 2. The molecule has 0 saturated heterocycles. The molecule has 4 atom stereocenters. The molecule has 1 saturated carbocycles. The van der Waals surface area contributed by atoms with Gasteiger partial charge in [-0.3, -0.25) is 0 Å². The van der Waals surface area contributed by atoms with Crippen LogP contribution in [0.4, 0.5) is 8.78 Å². The lowest BCUT2D eigenvalue weighted by atomic mass is 9.63. The molecule has 1 nitrogen and oxygen atoms in total. The van der Waals surface area contributed by atoms with Gasteiger partial charge in [-0.25, -0.2) is 8.78 Å². The van der Waals surface area contributed by atoms with E-state index < -0.39 is 17.9 Å². The molecule has 17 heavy (non-hydrogen) atoms. The normalized spacial score (nSPS) is 33.5. The van der Waals surface area contributed by atoms with E-state index in [-0.39, 0.29) is 17.3 Å². The molecule has 0 aromatic carbocycles. The Morgan fingerprint density at radius 2 is 1.47 bits per heavy atom. The second-order valence-corrected chi connectivity index (χ2v) is 6.92. The van der Waals surface area contributed by atoms with E-state index in [1.54, 1.807) is 6.92 Å². The molecule has 0 aromatic rings. The maximum atomic E-state index is 13.5. The van der Waals surface area contributed by atoms with Gasteiger partial charge in [-0.1, -0.05) is 20.8 Å². The molecule has 1 N–H and O–H groups in total. The molecule has 1 fully saturated rings. The van der Waals surface area contributed by atoms with Crippen molar-refractivity contribution in [1.82, 2.24) is 0 Å². The minimum absolute atomic E-state index is 0.0174. The van der Waals surface area contributed by atoms with Crippen LogP contribution >= 0.6 is 0 Å². The number of hydrogen-bond donors (Lipinski definition) is 1. The summed E-state index contributed by atoms with van der Waals surface area (Å²) >= 11 is 0. The Hall–Kier alpha value is -0.180. The van der Waals surface area contributed by atoms with Gasteiger partial charge in [-0.15, -0.1) is 0 Å². The summed E-state index contributed by atoms with van der Waals surface area (Å²) in [7, 11) is 0. The molecular weight excluding hydrogens is 222 g/mol. The highest BCUT2D eigenvalue weighted by molar-refractivity contribution is 4.90. The van der Waals surface area contributed by atoms with E-state index in [9.17, 15) is 13.9 Å². The Kier molecular flexibility index (Phi) is 4.23. The van der Waals surface area contributed by atoms with Crippen LogP contribution in [0.5, 0.6) is 0 Å². The van der Waals surface area contributed by atoms with Crippen molar-refractivity contribution in [1.29, 1.82) is 0 Å². The van der Waals surface area contributed by atoms with E-state index in [1.807, 2.05) is 0 Å². The van der Waals surface area contributed by atoms with Crippen molar-refractivity contribution in [2.24, 2.45) is 23.2 Å². The van der Waals surface area contributed by atoms with Gasteiger partial charge in [0, 0.05) is 5.92 Å². The van der Waals surface area contributed by atoms with Crippen LogP contribution in [0.2, 0.25) is 0 Å². The SMILES string of the molecule is C[C@@H](O)C1CC(C(C)(F)F)C[C@H](C(C)(C)C)C1. The lowest BCUT2D eigenvalue weighted by molar-refractivity contribution is -0.0919. The zero-order valence-corrected chi connectivity index (χ0v) is 11.6. The topological polar surface area (TPSA) is 20.2 Å². The molecule has 1 rings (SSSR count). The quantitative estimate of drug-likeness (QED) is 0.780. The minimum atomic E-state index is -2.63. The van der Waals surface area contributed by atoms with E-state index in [2.05, 4.69) is 20.8 Å².